The molecule has 5 nitrogen and oxygen atoms in total. The van der Waals surface area contributed by atoms with Crippen molar-refractivity contribution in [1.82, 2.24) is 4.67 Å². The number of nitrogens with two attached hydrogens (primary N) is 1. The van der Waals surface area contributed by atoms with Gasteiger partial charge in [0.25, 0.3) is 0 Å². The summed E-state index contributed by atoms with van der Waals surface area (Å²) in [6, 6.07) is 14.0. The molecule has 6 heteroatoms. The fourth-order valence-corrected chi connectivity index (χ4v) is 6.63. The minimum absolute atomic E-state index is 0.371. The molecule has 0 amide bonds. The van der Waals surface area contributed by atoms with Gasteiger partial charge in [0.1, 0.15) is 0 Å². The number of nitrogens with zero attached hydrogens (tertiary/aromatic N) is 3. The van der Waals surface area contributed by atoms with Crippen LogP contribution in [0, 0.1) is 0 Å². The lowest BCUT2D eigenvalue weighted by molar-refractivity contribution is -0.524. The number of fused-ring (bicyclic) bond motifs is 1. The number of para-hydroxylation sites is 1. The highest BCUT2D eigenvalue weighted by Crippen LogP contribution is 2.58. The van der Waals surface area contributed by atoms with Crippen LogP contribution in [0.5, 0.6) is 0 Å². The molecule has 2 aliphatic rings. The number of hydrogen-bond acceptors (Lipinski definition) is 2. The molecule has 114 valence electrons. The van der Waals surface area contributed by atoms with Crippen LogP contribution in [0.25, 0.3) is 0 Å². The second-order valence-electron chi connectivity index (χ2n) is 5.90. The molecular weight excluding hydrogens is 295 g/mol. The molecule has 2 N–H and O–H groups in total. The van der Waals surface area contributed by atoms with Crippen LogP contribution in [0.1, 0.15) is 12.8 Å². The van der Waals surface area contributed by atoms with Crippen molar-refractivity contribution in [2.45, 2.75) is 18.9 Å². The Labute approximate surface area is 130 Å². The van der Waals surface area contributed by atoms with Gasteiger partial charge in [0.05, 0.1) is 0 Å². The summed E-state index contributed by atoms with van der Waals surface area (Å²) >= 11 is 0. The molecule has 0 radical (unpaired) electrons. The summed E-state index contributed by atoms with van der Waals surface area (Å²) in [5, 5.41) is 0. The van der Waals surface area contributed by atoms with Gasteiger partial charge in [-0.25, -0.2) is 4.57 Å². The second kappa shape index (κ2) is 5.11. The van der Waals surface area contributed by atoms with Gasteiger partial charge in [-0.1, -0.05) is 18.2 Å². The van der Waals surface area contributed by atoms with Gasteiger partial charge in [0.15, 0.2) is 12.4 Å². The Morgan fingerprint density at radius 2 is 1.86 bits per heavy atom. The highest BCUT2D eigenvalue weighted by molar-refractivity contribution is 7.56. The van der Waals surface area contributed by atoms with Crippen LogP contribution in [-0.2, 0) is 4.57 Å². The number of rotatable bonds is 2. The zero-order valence-electron chi connectivity index (χ0n) is 12.4. The van der Waals surface area contributed by atoms with Gasteiger partial charge in [-0.15, -0.1) is 4.34 Å². The molecule has 0 aliphatic carbocycles. The summed E-state index contributed by atoms with van der Waals surface area (Å²) in [5.74, 6) is 0. The normalized spacial score (nSPS) is 28.0. The summed E-state index contributed by atoms with van der Waals surface area (Å²) in [6.45, 7) is 1.71. The number of pyridine rings is 1. The molecule has 22 heavy (non-hydrogen) atoms. The van der Waals surface area contributed by atoms with Crippen LogP contribution in [0.15, 0.2) is 54.9 Å². The summed E-state index contributed by atoms with van der Waals surface area (Å²) in [4.78, 5) is 0. The van der Waals surface area contributed by atoms with E-state index in [1.165, 1.54) is 0 Å². The highest BCUT2D eigenvalue weighted by atomic mass is 31.2. The number of hydrogen-bond donors (Lipinski definition) is 1. The first kappa shape index (κ1) is 13.8. The minimum atomic E-state index is -2.85. The van der Waals surface area contributed by atoms with Crippen molar-refractivity contribution in [3.8, 4) is 0 Å². The molecule has 0 spiro atoms. The van der Waals surface area contributed by atoms with E-state index in [1.54, 1.807) is 0 Å². The predicted molar refractivity (Wildman–Crippen MR) is 87.6 cm³/mol. The van der Waals surface area contributed by atoms with E-state index < -0.39 is 7.59 Å². The van der Waals surface area contributed by atoms with Crippen molar-refractivity contribution in [2.75, 3.05) is 23.5 Å². The topological polar surface area (TPSA) is 53.5 Å². The first-order valence-electron chi connectivity index (χ1n) is 7.67. The van der Waals surface area contributed by atoms with Gasteiger partial charge in [-0.05, 0) is 25.0 Å². The van der Waals surface area contributed by atoms with Crippen LogP contribution < -0.4 is 14.7 Å². The smallest absolute Gasteiger partial charge is 0.398 e. The molecule has 2 aromatic rings. The predicted octanol–water partition coefficient (Wildman–Crippen LogP) is 2.50. The van der Waals surface area contributed by atoms with E-state index >= 15 is 0 Å². The van der Waals surface area contributed by atoms with Crippen molar-refractivity contribution in [3.63, 3.8) is 0 Å². The number of nitrogen functional groups attached to an aromatic ring is 1. The Morgan fingerprint density at radius 1 is 1.14 bits per heavy atom. The van der Waals surface area contributed by atoms with Gasteiger partial charge in [0, 0.05) is 42.6 Å². The van der Waals surface area contributed by atoms with Crippen molar-refractivity contribution < 1.29 is 8.90 Å². The van der Waals surface area contributed by atoms with Crippen molar-refractivity contribution in [1.29, 1.82) is 0 Å². The van der Waals surface area contributed by atoms with Crippen molar-refractivity contribution in [3.05, 3.63) is 54.9 Å². The molecule has 0 bridgehead atoms. The molecular formula is C16H20N4OP+. The first-order valence-corrected chi connectivity index (χ1v) is 9.24. The van der Waals surface area contributed by atoms with E-state index in [9.17, 15) is 4.57 Å². The van der Waals surface area contributed by atoms with Gasteiger partial charge in [-0.3, -0.25) is 4.67 Å². The molecule has 2 fully saturated rings. The SMILES string of the molecule is Nc1cc[n+]([P@@]2(=O)N(c3ccccc3)C[C@@H]3CCCN32)cc1. The lowest BCUT2D eigenvalue weighted by Crippen LogP contribution is -2.41. The summed E-state index contributed by atoms with van der Waals surface area (Å²) in [5.41, 5.74) is 7.50. The fraction of sp³-hybridized carbons (Fsp3) is 0.312. The maximum atomic E-state index is 14.0. The summed E-state index contributed by atoms with van der Waals surface area (Å²) < 4.78 is 20.2. The Balaban J connectivity index is 1.84. The largest absolute Gasteiger partial charge is 0.501 e. The summed E-state index contributed by atoms with van der Waals surface area (Å²) in [6.07, 6.45) is 5.91. The molecule has 0 saturated carbocycles. The maximum Gasteiger partial charge on any atom is 0.501 e. The maximum absolute atomic E-state index is 14.0. The van der Waals surface area contributed by atoms with Gasteiger partial charge >= 0.3 is 7.59 Å². The van der Waals surface area contributed by atoms with Crippen LogP contribution in [0.2, 0.25) is 0 Å². The van der Waals surface area contributed by atoms with Crippen LogP contribution in [0.4, 0.5) is 11.4 Å². The summed E-state index contributed by atoms with van der Waals surface area (Å²) in [7, 11) is -2.85. The molecule has 0 unspecified atom stereocenters. The number of anilines is 2. The highest BCUT2D eigenvalue weighted by Gasteiger charge is 2.58. The Kier molecular flexibility index (Phi) is 3.21. The molecule has 1 aromatic heterocycles. The molecule has 2 atom stereocenters. The average molecular weight is 315 g/mol. The number of benzene rings is 1. The first-order chi connectivity index (χ1) is 10.7. The standard InChI is InChI=1S/C16H19N4OP/c17-14-8-11-18(12-9-14)22(21)19-10-4-7-16(19)13-20(22)15-5-2-1-3-6-15/h1-3,5-6,8-9,11-12,16-17H,4,7,10,13H2/p+1/t16-,22-/m0/s1. The van der Waals surface area contributed by atoms with E-state index in [0.29, 0.717) is 11.7 Å². The van der Waals surface area contributed by atoms with Crippen LogP contribution in [0.3, 0.4) is 0 Å². The van der Waals surface area contributed by atoms with Gasteiger partial charge < -0.3 is 5.73 Å². The quantitative estimate of drug-likeness (QED) is 0.865. The Bertz CT molecular complexity index is 719. The monoisotopic (exact) mass is 315 g/mol. The van der Waals surface area contributed by atoms with Crippen LogP contribution in [-0.4, -0.2) is 23.8 Å². The Morgan fingerprint density at radius 3 is 2.59 bits per heavy atom. The van der Waals surface area contributed by atoms with E-state index in [0.717, 1.165) is 31.6 Å². The lowest BCUT2D eigenvalue weighted by atomic mass is 10.2. The zero-order chi connectivity index (χ0) is 15.2. The second-order valence-corrected chi connectivity index (χ2v) is 8.39. The third-order valence-electron chi connectivity index (χ3n) is 4.57. The minimum Gasteiger partial charge on any atom is -0.398 e. The van der Waals surface area contributed by atoms with E-state index in [-0.39, 0.29) is 0 Å². The lowest BCUT2D eigenvalue weighted by Gasteiger charge is -2.24. The van der Waals surface area contributed by atoms with E-state index in [4.69, 9.17) is 5.73 Å². The van der Waals surface area contributed by atoms with E-state index in [1.807, 2.05) is 59.2 Å². The average Bonchev–Trinajstić information content (AvgIpc) is 3.11. The Hall–Kier alpha value is -1.84. The van der Waals surface area contributed by atoms with Crippen molar-refractivity contribution >= 4 is 19.0 Å². The third kappa shape index (κ3) is 1.97. The number of aromatic nitrogens is 1. The van der Waals surface area contributed by atoms with Gasteiger partial charge in [0.2, 0.25) is 0 Å². The third-order valence-corrected chi connectivity index (χ3v) is 7.66. The fourth-order valence-electron chi connectivity index (χ4n) is 3.51. The molecule has 2 aliphatic heterocycles. The zero-order valence-corrected chi connectivity index (χ0v) is 13.3. The van der Waals surface area contributed by atoms with Crippen LogP contribution >= 0.6 is 7.59 Å². The molecule has 3 heterocycles. The molecule has 2 saturated heterocycles. The molecule has 1 aromatic carbocycles. The molecule has 4 rings (SSSR count). The van der Waals surface area contributed by atoms with E-state index in [2.05, 4.69) is 9.34 Å². The van der Waals surface area contributed by atoms with Gasteiger partial charge in [-0.2, -0.15) is 4.67 Å². The van der Waals surface area contributed by atoms with Crippen molar-refractivity contribution in [2.24, 2.45) is 0 Å².